The lowest BCUT2D eigenvalue weighted by Crippen LogP contribution is -2.44. The number of likely N-dealkylation sites (tertiary alicyclic amines) is 1. The van der Waals surface area contributed by atoms with Gasteiger partial charge in [-0.15, -0.1) is 0 Å². The first-order chi connectivity index (χ1) is 9.70. The van der Waals surface area contributed by atoms with Crippen LogP contribution in [0.4, 0.5) is 5.82 Å². The van der Waals surface area contributed by atoms with Crippen LogP contribution in [0.25, 0.3) is 0 Å². The summed E-state index contributed by atoms with van der Waals surface area (Å²) in [7, 11) is 0. The van der Waals surface area contributed by atoms with E-state index in [-0.39, 0.29) is 5.91 Å². The predicted molar refractivity (Wildman–Crippen MR) is 76.4 cm³/mol. The molecule has 0 unspecified atom stereocenters. The van der Waals surface area contributed by atoms with Crippen LogP contribution in [0.2, 0.25) is 0 Å². The number of aryl methyl sites for hydroxylation is 1. The molecule has 2 atom stereocenters. The summed E-state index contributed by atoms with van der Waals surface area (Å²) in [6.45, 7) is 4.41. The molecule has 1 aromatic heterocycles. The van der Waals surface area contributed by atoms with Crippen molar-refractivity contribution in [2.75, 3.05) is 25.0 Å². The van der Waals surface area contributed by atoms with Gasteiger partial charge in [0.1, 0.15) is 5.76 Å². The van der Waals surface area contributed by atoms with Crippen LogP contribution in [0, 0.1) is 18.8 Å². The van der Waals surface area contributed by atoms with E-state index >= 15 is 0 Å². The minimum absolute atomic E-state index is 0.00700. The van der Waals surface area contributed by atoms with Crippen molar-refractivity contribution in [2.24, 2.45) is 11.8 Å². The number of aromatic nitrogens is 1. The van der Waals surface area contributed by atoms with Crippen molar-refractivity contribution < 1.29 is 9.32 Å². The Hall–Kier alpha value is -1.36. The van der Waals surface area contributed by atoms with Gasteiger partial charge in [0.25, 0.3) is 0 Å². The van der Waals surface area contributed by atoms with Crippen LogP contribution >= 0.6 is 0 Å². The third-order valence-electron chi connectivity index (χ3n) is 4.64. The van der Waals surface area contributed by atoms with Gasteiger partial charge in [-0.3, -0.25) is 9.69 Å². The van der Waals surface area contributed by atoms with Crippen molar-refractivity contribution in [3.63, 3.8) is 0 Å². The van der Waals surface area contributed by atoms with Crippen molar-refractivity contribution in [1.82, 2.24) is 10.1 Å². The van der Waals surface area contributed by atoms with Gasteiger partial charge in [-0.1, -0.05) is 24.4 Å². The molecular weight excluding hydrogens is 254 g/mol. The second kappa shape index (κ2) is 5.95. The van der Waals surface area contributed by atoms with Crippen LogP contribution < -0.4 is 5.32 Å². The lowest BCUT2D eigenvalue weighted by atomic mass is 9.75. The Balaban J connectivity index is 1.49. The van der Waals surface area contributed by atoms with Gasteiger partial charge in [0, 0.05) is 12.6 Å². The van der Waals surface area contributed by atoms with Crippen molar-refractivity contribution in [1.29, 1.82) is 0 Å². The molecule has 2 heterocycles. The molecular formula is C15H23N3O2. The molecule has 0 bridgehead atoms. The fraction of sp³-hybridized carbons (Fsp3) is 0.733. The van der Waals surface area contributed by atoms with Gasteiger partial charge in [-0.25, -0.2) is 0 Å². The number of rotatable bonds is 3. The standard InChI is InChI=1S/C15H23N3O2/c1-11-8-14(17-20-11)16-15(19)10-18-7-6-12-4-2-3-5-13(12)9-18/h8,12-13H,2-7,9-10H2,1H3,(H,16,17,19)/t12-,13-/m1/s1. The highest BCUT2D eigenvalue weighted by molar-refractivity contribution is 5.91. The predicted octanol–water partition coefficient (Wildman–Crippen LogP) is 2.43. The number of piperidine rings is 1. The van der Waals surface area contributed by atoms with E-state index in [1.165, 1.54) is 32.1 Å². The maximum absolute atomic E-state index is 12.0. The quantitative estimate of drug-likeness (QED) is 0.922. The lowest BCUT2D eigenvalue weighted by Gasteiger charge is -2.41. The van der Waals surface area contributed by atoms with Gasteiger partial charge < -0.3 is 9.84 Å². The van der Waals surface area contributed by atoms with Gasteiger partial charge >= 0.3 is 0 Å². The molecule has 0 radical (unpaired) electrons. The Labute approximate surface area is 119 Å². The van der Waals surface area contributed by atoms with Crippen LogP contribution in [0.3, 0.4) is 0 Å². The van der Waals surface area contributed by atoms with Gasteiger partial charge in [-0.2, -0.15) is 0 Å². The normalized spacial score (nSPS) is 27.1. The molecule has 1 N–H and O–H groups in total. The monoisotopic (exact) mass is 277 g/mol. The maximum atomic E-state index is 12.0. The number of amides is 1. The zero-order valence-corrected chi connectivity index (χ0v) is 12.1. The summed E-state index contributed by atoms with van der Waals surface area (Å²) in [6.07, 6.45) is 6.74. The van der Waals surface area contributed by atoms with E-state index in [2.05, 4.69) is 15.4 Å². The molecule has 5 heteroatoms. The average Bonchev–Trinajstić information content (AvgIpc) is 2.83. The van der Waals surface area contributed by atoms with E-state index in [4.69, 9.17) is 4.52 Å². The van der Waals surface area contributed by atoms with Crippen LogP contribution in [-0.2, 0) is 4.79 Å². The SMILES string of the molecule is Cc1cc(NC(=O)CN2CC[C@H]3CCCC[C@@H]3C2)no1. The number of anilines is 1. The topological polar surface area (TPSA) is 58.4 Å². The van der Waals surface area contributed by atoms with E-state index in [1.54, 1.807) is 6.07 Å². The van der Waals surface area contributed by atoms with Crippen LogP contribution in [0.1, 0.15) is 37.9 Å². The second-order valence-electron chi connectivity index (χ2n) is 6.20. The van der Waals surface area contributed by atoms with Gasteiger partial charge in [0.05, 0.1) is 6.54 Å². The van der Waals surface area contributed by atoms with E-state index in [9.17, 15) is 4.79 Å². The Kier molecular flexibility index (Phi) is 4.05. The molecule has 0 aromatic carbocycles. The summed E-state index contributed by atoms with van der Waals surface area (Å²) >= 11 is 0. The fourth-order valence-corrected chi connectivity index (χ4v) is 3.63. The van der Waals surface area contributed by atoms with Crippen LogP contribution in [0.5, 0.6) is 0 Å². The third-order valence-corrected chi connectivity index (χ3v) is 4.64. The smallest absolute Gasteiger partial charge is 0.239 e. The highest BCUT2D eigenvalue weighted by Gasteiger charge is 2.31. The molecule has 2 fully saturated rings. The molecule has 1 aliphatic heterocycles. The second-order valence-corrected chi connectivity index (χ2v) is 6.20. The van der Waals surface area contributed by atoms with E-state index in [1.807, 2.05) is 6.92 Å². The lowest BCUT2D eigenvalue weighted by molar-refractivity contribution is -0.118. The summed E-state index contributed by atoms with van der Waals surface area (Å²) in [6, 6.07) is 1.74. The molecule has 110 valence electrons. The van der Waals surface area contributed by atoms with Crippen molar-refractivity contribution in [2.45, 2.75) is 39.0 Å². The Bertz CT molecular complexity index is 471. The fourth-order valence-electron chi connectivity index (χ4n) is 3.63. The Morgan fingerprint density at radius 3 is 2.95 bits per heavy atom. The van der Waals surface area contributed by atoms with Gasteiger partial charge in [0.15, 0.2) is 5.82 Å². The number of nitrogens with zero attached hydrogens (tertiary/aromatic N) is 2. The van der Waals surface area contributed by atoms with Gasteiger partial charge in [-0.05, 0) is 38.1 Å². The average molecular weight is 277 g/mol. The molecule has 5 nitrogen and oxygen atoms in total. The largest absolute Gasteiger partial charge is 0.360 e. The third kappa shape index (κ3) is 3.20. The van der Waals surface area contributed by atoms with Crippen molar-refractivity contribution >= 4 is 11.7 Å². The minimum Gasteiger partial charge on any atom is -0.360 e. The molecule has 3 rings (SSSR count). The van der Waals surface area contributed by atoms with Crippen LogP contribution in [0.15, 0.2) is 10.6 Å². The highest BCUT2D eigenvalue weighted by atomic mass is 16.5. The number of hydrogen-bond donors (Lipinski definition) is 1. The molecule has 1 aromatic rings. The summed E-state index contributed by atoms with van der Waals surface area (Å²) in [4.78, 5) is 14.3. The zero-order chi connectivity index (χ0) is 13.9. The Morgan fingerprint density at radius 2 is 2.20 bits per heavy atom. The summed E-state index contributed by atoms with van der Waals surface area (Å²) < 4.78 is 4.95. The van der Waals surface area contributed by atoms with Crippen molar-refractivity contribution in [3.8, 4) is 0 Å². The molecule has 20 heavy (non-hydrogen) atoms. The van der Waals surface area contributed by atoms with Crippen molar-refractivity contribution in [3.05, 3.63) is 11.8 Å². The molecule has 1 saturated heterocycles. The maximum Gasteiger partial charge on any atom is 0.239 e. The summed E-state index contributed by atoms with van der Waals surface area (Å²) in [5.74, 6) is 2.94. The molecule has 0 spiro atoms. The van der Waals surface area contributed by atoms with E-state index < -0.39 is 0 Å². The Morgan fingerprint density at radius 1 is 1.40 bits per heavy atom. The van der Waals surface area contributed by atoms with E-state index in [0.717, 1.165) is 24.9 Å². The zero-order valence-electron chi connectivity index (χ0n) is 12.1. The number of carbonyl (C=O) groups excluding carboxylic acids is 1. The number of hydrogen-bond acceptors (Lipinski definition) is 4. The molecule has 1 amide bonds. The number of fused-ring (bicyclic) bond motifs is 1. The minimum atomic E-state index is 0.00700. The van der Waals surface area contributed by atoms with Gasteiger partial charge in [0.2, 0.25) is 5.91 Å². The molecule has 2 aliphatic rings. The first kappa shape index (κ1) is 13.6. The molecule has 1 saturated carbocycles. The first-order valence-corrected chi connectivity index (χ1v) is 7.66. The summed E-state index contributed by atoms with van der Waals surface area (Å²) in [5.41, 5.74) is 0. The van der Waals surface area contributed by atoms with E-state index in [0.29, 0.717) is 18.1 Å². The number of nitrogens with one attached hydrogen (secondary N) is 1. The molecule has 1 aliphatic carbocycles. The summed E-state index contributed by atoms with van der Waals surface area (Å²) in [5, 5.41) is 6.59. The van der Waals surface area contributed by atoms with Crippen LogP contribution in [-0.4, -0.2) is 35.6 Å². The highest BCUT2D eigenvalue weighted by Crippen LogP contribution is 2.35. The first-order valence-electron chi connectivity index (χ1n) is 7.66. The number of carbonyl (C=O) groups is 1.